The Morgan fingerprint density at radius 2 is 2.00 bits per heavy atom. The summed E-state index contributed by atoms with van der Waals surface area (Å²) in [6.07, 6.45) is 3.90. The third-order valence-corrected chi connectivity index (χ3v) is 5.89. The molecule has 1 fully saturated rings. The molecule has 5 heteroatoms. The Labute approximate surface area is 148 Å². The zero-order chi connectivity index (χ0) is 17.4. The van der Waals surface area contributed by atoms with Gasteiger partial charge in [0, 0.05) is 25.8 Å². The highest BCUT2D eigenvalue weighted by molar-refractivity contribution is 5.93. The van der Waals surface area contributed by atoms with E-state index in [0.717, 1.165) is 25.9 Å². The highest BCUT2D eigenvalue weighted by atomic mass is 16.5. The van der Waals surface area contributed by atoms with E-state index >= 15 is 0 Å². The van der Waals surface area contributed by atoms with Gasteiger partial charge in [-0.3, -0.25) is 4.79 Å². The first-order valence-electron chi connectivity index (χ1n) is 8.92. The molecule has 2 aliphatic rings. The van der Waals surface area contributed by atoms with Crippen LogP contribution in [0.1, 0.15) is 40.5 Å². The first-order chi connectivity index (χ1) is 12.2. The molecule has 4 rings (SSSR count). The highest BCUT2D eigenvalue weighted by Gasteiger charge is 2.53. The number of fused-ring (bicyclic) bond motifs is 2. The second-order valence-corrected chi connectivity index (χ2v) is 7.11. The zero-order valence-corrected chi connectivity index (χ0v) is 14.8. The molecule has 1 spiro atoms. The Kier molecular flexibility index (Phi) is 4.13. The number of aryl methyl sites for hydroxylation is 1. The molecule has 2 N–H and O–H groups in total. The summed E-state index contributed by atoms with van der Waals surface area (Å²) < 4.78 is 7.84. The molecule has 5 nitrogen and oxygen atoms in total. The number of methoxy groups -OCH3 is 1. The summed E-state index contributed by atoms with van der Waals surface area (Å²) in [6, 6.07) is 12.1. The van der Waals surface area contributed by atoms with Crippen LogP contribution in [0.2, 0.25) is 0 Å². The lowest BCUT2D eigenvalue weighted by molar-refractivity contribution is 0.00389. The molecule has 1 saturated heterocycles. The van der Waals surface area contributed by atoms with Crippen molar-refractivity contribution in [1.82, 2.24) is 15.2 Å². The van der Waals surface area contributed by atoms with E-state index in [1.54, 1.807) is 7.11 Å². The number of ether oxygens (including phenoxy) is 1. The van der Waals surface area contributed by atoms with Crippen molar-refractivity contribution in [1.29, 1.82) is 0 Å². The summed E-state index contributed by atoms with van der Waals surface area (Å²) in [6.45, 7) is 1.96. The minimum atomic E-state index is -0.123. The number of rotatable bonds is 3. The van der Waals surface area contributed by atoms with E-state index < -0.39 is 0 Å². The van der Waals surface area contributed by atoms with Crippen LogP contribution in [-0.4, -0.2) is 36.8 Å². The first-order valence-corrected chi connectivity index (χ1v) is 8.92. The maximum absolute atomic E-state index is 12.8. The predicted octanol–water partition coefficient (Wildman–Crippen LogP) is 2.15. The quantitative estimate of drug-likeness (QED) is 0.901. The van der Waals surface area contributed by atoms with E-state index in [4.69, 9.17) is 4.74 Å². The average molecular weight is 339 g/mol. The van der Waals surface area contributed by atoms with Crippen LogP contribution in [0.25, 0.3) is 0 Å². The standard InChI is InChI=1S/C20H25N3O2/c1-23-13-5-8-16(23)19(24)22-17-14-6-3-4-7-15(14)20(18(17)25-2)9-11-21-12-10-20/h3-8,13,17-18,21H,9-12H2,1-2H3,(H,22,24)/t17-,18+/m0/s1. The number of hydrogen-bond donors (Lipinski definition) is 2. The molecule has 2 heterocycles. The number of aromatic nitrogens is 1. The SMILES string of the molecule is CO[C@@H]1[C@@H](NC(=O)c2cccn2C)c2ccccc2C12CCNCC2. The second-order valence-electron chi connectivity index (χ2n) is 7.11. The van der Waals surface area contributed by atoms with Crippen LogP contribution in [-0.2, 0) is 17.2 Å². The molecule has 1 aliphatic heterocycles. The maximum Gasteiger partial charge on any atom is 0.268 e. The van der Waals surface area contributed by atoms with E-state index in [-0.39, 0.29) is 23.5 Å². The average Bonchev–Trinajstić information content (AvgIpc) is 3.17. The summed E-state index contributed by atoms with van der Waals surface area (Å²) in [4.78, 5) is 12.8. The molecule has 1 aromatic carbocycles. The number of benzene rings is 1. The Balaban J connectivity index is 1.72. The van der Waals surface area contributed by atoms with Gasteiger partial charge in [-0.1, -0.05) is 24.3 Å². The largest absolute Gasteiger partial charge is 0.378 e. The Morgan fingerprint density at radius 3 is 2.68 bits per heavy atom. The van der Waals surface area contributed by atoms with Crippen LogP contribution in [0.4, 0.5) is 0 Å². The highest BCUT2D eigenvalue weighted by Crippen LogP contribution is 2.51. The molecule has 132 valence electrons. The van der Waals surface area contributed by atoms with Crippen LogP contribution in [0.3, 0.4) is 0 Å². The molecule has 2 aromatic rings. The number of nitrogens with one attached hydrogen (secondary N) is 2. The molecule has 0 bridgehead atoms. The van der Waals surface area contributed by atoms with Gasteiger partial charge in [0.2, 0.25) is 0 Å². The van der Waals surface area contributed by atoms with Gasteiger partial charge in [-0.25, -0.2) is 0 Å². The van der Waals surface area contributed by atoms with Crippen molar-refractivity contribution in [3.63, 3.8) is 0 Å². The van der Waals surface area contributed by atoms with Crippen molar-refractivity contribution in [2.24, 2.45) is 7.05 Å². The van der Waals surface area contributed by atoms with E-state index in [2.05, 4.69) is 28.8 Å². The van der Waals surface area contributed by atoms with Crippen molar-refractivity contribution in [3.05, 3.63) is 59.4 Å². The zero-order valence-electron chi connectivity index (χ0n) is 14.8. The van der Waals surface area contributed by atoms with Crippen LogP contribution in [0, 0.1) is 0 Å². The van der Waals surface area contributed by atoms with Crippen LogP contribution >= 0.6 is 0 Å². The number of nitrogens with zero attached hydrogens (tertiary/aromatic N) is 1. The molecule has 1 aromatic heterocycles. The van der Waals surface area contributed by atoms with Gasteiger partial charge >= 0.3 is 0 Å². The molecule has 0 unspecified atom stereocenters. The summed E-state index contributed by atoms with van der Waals surface area (Å²) in [5.41, 5.74) is 3.17. The van der Waals surface area contributed by atoms with Gasteiger partial charge in [0.1, 0.15) is 5.69 Å². The van der Waals surface area contributed by atoms with Crippen LogP contribution in [0.15, 0.2) is 42.6 Å². The van der Waals surface area contributed by atoms with E-state index in [1.165, 1.54) is 11.1 Å². The third-order valence-electron chi connectivity index (χ3n) is 5.89. The topological polar surface area (TPSA) is 55.3 Å². The van der Waals surface area contributed by atoms with Crippen molar-refractivity contribution in [3.8, 4) is 0 Å². The molecule has 0 radical (unpaired) electrons. The first kappa shape index (κ1) is 16.4. The fourth-order valence-corrected chi connectivity index (χ4v) is 4.71. The molecule has 1 aliphatic carbocycles. The summed E-state index contributed by atoms with van der Waals surface area (Å²) in [5.74, 6) is -0.0552. The van der Waals surface area contributed by atoms with E-state index in [9.17, 15) is 4.79 Å². The van der Waals surface area contributed by atoms with Gasteiger partial charge in [0.15, 0.2) is 0 Å². The fourth-order valence-electron chi connectivity index (χ4n) is 4.71. The van der Waals surface area contributed by atoms with Crippen molar-refractivity contribution >= 4 is 5.91 Å². The van der Waals surface area contributed by atoms with Crippen molar-refractivity contribution in [2.75, 3.05) is 20.2 Å². The van der Waals surface area contributed by atoms with Gasteiger partial charge in [0.25, 0.3) is 5.91 Å². The summed E-state index contributed by atoms with van der Waals surface area (Å²) in [5, 5.41) is 6.70. The van der Waals surface area contributed by atoms with Gasteiger partial charge in [0.05, 0.1) is 12.1 Å². The van der Waals surface area contributed by atoms with E-state index in [0.29, 0.717) is 5.69 Å². The predicted molar refractivity (Wildman–Crippen MR) is 96.6 cm³/mol. The Morgan fingerprint density at radius 1 is 1.24 bits per heavy atom. The molecule has 1 amide bonds. The summed E-state index contributed by atoms with van der Waals surface area (Å²) in [7, 11) is 3.65. The molecule has 0 saturated carbocycles. The molecular formula is C20H25N3O2. The minimum absolute atomic E-state index is 0.0251. The lowest BCUT2D eigenvalue weighted by Gasteiger charge is -2.40. The van der Waals surface area contributed by atoms with Gasteiger partial charge in [-0.15, -0.1) is 0 Å². The monoisotopic (exact) mass is 339 g/mol. The number of piperidine rings is 1. The number of carbonyl (C=O) groups excluding carboxylic acids is 1. The smallest absolute Gasteiger partial charge is 0.268 e. The molecule has 25 heavy (non-hydrogen) atoms. The van der Waals surface area contributed by atoms with E-state index in [1.807, 2.05) is 36.0 Å². The second kappa shape index (κ2) is 6.32. The minimum Gasteiger partial charge on any atom is -0.378 e. The van der Waals surface area contributed by atoms with Gasteiger partial charge in [-0.2, -0.15) is 0 Å². The van der Waals surface area contributed by atoms with Gasteiger partial charge in [-0.05, 0) is 49.2 Å². The Hall–Kier alpha value is -2.11. The fraction of sp³-hybridized carbons (Fsp3) is 0.450. The lowest BCUT2D eigenvalue weighted by Crippen LogP contribution is -2.49. The maximum atomic E-state index is 12.8. The van der Waals surface area contributed by atoms with Crippen LogP contribution < -0.4 is 10.6 Å². The molecular weight excluding hydrogens is 314 g/mol. The van der Waals surface area contributed by atoms with Crippen molar-refractivity contribution in [2.45, 2.75) is 30.4 Å². The van der Waals surface area contributed by atoms with Gasteiger partial charge < -0.3 is 19.9 Å². The number of amides is 1. The van der Waals surface area contributed by atoms with Crippen molar-refractivity contribution < 1.29 is 9.53 Å². The normalized spacial score (nSPS) is 24.2. The molecule has 2 atom stereocenters. The lowest BCUT2D eigenvalue weighted by atomic mass is 9.72. The third kappa shape index (κ3) is 2.50. The number of hydrogen-bond acceptors (Lipinski definition) is 3. The number of carbonyl (C=O) groups is 1. The Bertz CT molecular complexity index is 777. The van der Waals surface area contributed by atoms with Crippen LogP contribution in [0.5, 0.6) is 0 Å². The summed E-state index contributed by atoms with van der Waals surface area (Å²) >= 11 is 0.